The van der Waals surface area contributed by atoms with E-state index in [0.29, 0.717) is 5.41 Å². The molecule has 2 heteroatoms. The van der Waals surface area contributed by atoms with Crippen LogP contribution >= 0.6 is 11.8 Å². The van der Waals surface area contributed by atoms with E-state index in [1.807, 2.05) is 0 Å². The lowest BCUT2D eigenvalue weighted by molar-refractivity contribution is 0.193. The number of rotatable bonds is 2. The summed E-state index contributed by atoms with van der Waals surface area (Å²) in [6, 6.07) is 0. The van der Waals surface area contributed by atoms with E-state index in [-0.39, 0.29) is 0 Å². The van der Waals surface area contributed by atoms with Gasteiger partial charge in [0.1, 0.15) is 0 Å². The average Bonchev–Trinajstić information content (AvgIpc) is 1.94. The zero-order chi connectivity index (χ0) is 8.32. The first-order valence-electron chi connectivity index (χ1n) is 4.47. The lowest BCUT2D eigenvalue weighted by Gasteiger charge is -2.33. The second-order valence-electron chi connectivity index (χ2n) is 4.45. The molecule has 0 amide bonds. The molecule has 1 fully saturated rings. The standard InChI is InChI=1S/C9H18ClN/c1-9(2)5-3-8(4-6-9)7-11-10/h8,11H,3-7H2,1-2H3. The predicted octanol–water partition coefficient (Wildman–Crippen LogP) is 2.95. The molecule has 0 heterocycles. The van der Waals surface area contributed by atoms with Crippen molar-refractivity contribution in [3.63, 3.8) is 0 Å². The molecule has 1 N–H and O–H groups in total. The second kappa shape index (κ2) is 3.77. The molecule has 0 radical (unpaired) electrons. The molecule has 1 saturated carbocycles. The Hall–Kier alpha value is 0.250. The third-order valence-corrected chi connectivity index (χ3v) is 2.98. The topological polar surface area (TPSA) is 12.0 Å². The van der Waals surface area contributed by atoms with Crippen molar-refractivity contribution in [1.82, 2.24) is 4.84 Å². The molecule has 1 rings (SSSR count). The summed E-state index contributed by atoms with van der Waals surface area (Å²) in [5.41, 5.74) is 0.586. The van der Waals surface area contributed by atoms with Crippen LogP contribution in [-0.4, -0.2) is 6.54 Å². The molecule has 1 aliphatic rings. The number of halogens is 1. The van der Waals surface area contributed by atoms with Gasteiger partial charge in [-0.2, -0.15) is 0 Å². The van der Waals surface area contributed by atoms with E-state index in [2.05, 4.69) is 18.7 Å². The summed E-state index contributed by atoms with van der Waals surface area (Å²) in [5, 5.41) is 0. The minimum Gasteiger partial charge on any atom is -0.233 e. The van der Waals surface area contributed by atoms with Crippen LogP contribution < -0.4 is 4.84 Å². The molecule has 0 unspecified atom stereocenters. The average molecular weight is 176 g/mol. The Morgan fingerprint density at radius 1 is 1.36 bits per heavy atom. The molecule has 0 aromatic rings. The highest BCUT2D eigenvalue weighted by Crippen LogP contribution is 2.37. The number of hydrogen-bond donors (Lipinski definition) is 1. The molecule has 0 aromatic heterocycles. The fourth-order valence-electron chi connectivity index (χ4n) is 1.77. The lowest BCUT2D eigenvalue weighted by atomic mass is 9.73. The maximum absolute atomic E-state index is 5.46. The van der Waals surface area contributed by atoms with Crippen LogP contribution in [0, 0.1) is 11.3 Å². The number of hydrogen-bond acceptors (Lipinski definition) is 1. The maximum atomic E-state index is 5.46. The van der Waals surface area contributed by atoms with Crippen LogP contribution in [0.5, 0.6) is 0 Å². The van der Waals surface area contributed by atoms with E-state index in [9.17, 15) is 0 Å². The summed E-state index contributed by atoms with van der Waals surface area (Å²) in [6.45, 7) is 5.70. The van der Waals surface area contributed by atoms with Crippen molar-refractivity contribution in [2.24, 2.45) is 11.3 Å². The zero-order valence-corrected chi connectivity index (χ0v) is 8.25. The summed E-state index contributed by atoms with van der Waals surface area (Å²) in [6.07, 6.45) is 5.39. The van der Waals surface area contributed by atoms with Gasteiger partial charge in [0.15, 0.2) is 0 Å². The van der Waals surface area contributed by atoms with Crippen LogP contribution in [0.1, 0.15) is 39.5 Å². The number of nitrogens with one attached hydrogen (secondary N) is 1. The molecule has 0 atom stereocenters. The third kappa shape index (κ3) is 3.00. The Morgan fingerprint density at radius 2 is 1.91 bits per heavy atom. The van der Waals surface area contributed by atoms with Gasteiger partial charge in [0.2, 0.25) is 0 Å². The first kappa shape index (κ1) is 9.34. The van der Waals surface area contributed by atoms with E-state index >= 15 is 0 Å². The fraction of sp³-hybridized carbons (Fsp3) is 1.00. The lowest BCUT2D eigenvalue weighted by Crippen LogP contribution is -2.25. The van der Waals surface area contributed by atoms with Crippen LogP contribution in [0.15, 0.2) is 0 Å². The highest BCUT2D eigenvalue weighted by Gasteiger charge is 2.26. The molecule has 66 valence electrons. The Balaban J connectivity index is 2.25. The highest BCUT2D eigenvalue weighted by atomic mass is 35.5. The van der Waals surface area contributed by atoms with Crippen LogP contribution in [0.3, 0.4) is 0 Å². The first-order valence-corrected chi connectivity index (χ1v) is 4.85. The van der Waals surface area contributed by atoms with Crippen molar-refractivity contribution >= 4 is 11.8 Å². The van der Waals surface area contributed by atoms with Gasteiger partial charge in [-0.05, 0) is 48.8 Å². The summed E-state index contributed by atoms with van der Waals surface area (Å²) >= 11 is 5.46. The Kier molecular flexibility index (Phi) is 3.20. The minimum absolute atomic E-state index is 0.586. The van der Waals surface area contributed by atoms with Gasteiger partial charge in [-0.25, -0.2) is 4.84 Å². The van der Waals surface area contributed by atoms with Crippen LogP contribution in [0.25, 0.3) is 0 Å². The summed E-state index contributed by atoms with van der Waals surface area (Å²) < 4.78 is 0. The molecule has 1 aliphatic carbocycles. The smallest absolute Gasteiger partial charge is 0.0136 e. The highest BCUT2D eigenvalue weighted by molar-refractivity contribution is 6.13. The summed E-state index contributed by atoms with van der Waals surface area (Å²) in [4.78, 5) is 2.74. The predicted molar refractivity (Wildman–Crippen MR) is 49.6 cm³/mol. The molecular formula is C9H18ClN. The maximum Gasteiger partial charge on any atom is 0.0136 e. The monoisotopic (exact) mass is 175 g/mol. The molecule has 0 aromatic carbocycles. The SMILES string of the molecule is CC1(C)CCC(CNCl)CC1. The van der Waals surface area contributed by atoms with E-state index in [1.165, 1.54) is 25.7 Å². The summed E-state index contributed by atoms with van der Waals surface area (Å²) in [5.74, 6) is 0.820. The Morgan fingerprint density at radius 3 is 2.36 bits per heavy atom. The first-order chi connectivity index (χ1) is 5.14. The van der Waals surface area contributed by atoms with Crippen molar-refractivity contribution in [1.29, 1.82) is 0 Å². The van der Waals surface area contributed by atoms with Crippen LogP contribution in [0.4, 0.5) is 0 Å². The minimum atomic E-state index is 0.586. The van der Waals surface area contributed by atoms with Gasteiger partial charge in [-0.1, -0.05) is 13.8 Å². The zero-order valence-electron chi connectivity index (χ0n) is 7.49. The van der Waals surface area contributed by atoms with Crippen molar-refractivity contribution in [3.8, 4) is 0 Å². The molecule has 11 heavy (non-hydrogen) atoms. The Labute approximate surface area is 74.6 Å². The summed E-state index contributed by atoms with van der Waals surface area (Å²) in [7, 11) is 0. The van der Waals surface area contributed by atoms with Crippen LogP contribution in [0.2, 0.25) is 0 Å². The Bertz CT molecular complexity index is 113. The fourth-order valence-corrected chi connectivity index (χ4v) is 1.99. The van der Waals surface area contributed by atoms with E-state index in [0.717, 1.165) is 12.5 Å². The molecule has 0 spiro atoms. The molecule has 0 aliphatic heterocycles. The normalized spacial score (nSPS) is 25.4. The van der Waals surface area contributed by atoms with Crippen molar-refractivity contribution in [2.75, 3.05) is 6.54 Å². The molecule has 0 saturated heterocycles. The van der Waals surface area contributed by atoms with Crippen molar-refractivity contribution in [2.45, 2.75) is 39.5 Å². The molecule has 1 nitrogen and oxygen atoms in total. The van der Waals surface area contributed by atoms with Gasteiger partial charge in [0.05, 0.1) is 0 Å². The van der Waals surface area contributed by atoms with Crippen LogP contribution in [-0.2, 0) is 0 Å². The molecular weight excluding hydrogens is 158 g/mol. The van der Waals surface area contributed by atoms with Gasteiger partial charge in [0, 0.05) is 6.54 Å². The van der Waals surface area contributed by atoms with E-state index < -0.39 is 0 Å². The van der Waals surface area contributed by atoms with Gasteiger partial charge < -0.3 is 0 Å². The third-order valence-electron chi connectivity index (χ3n) is 2.82. The van der Waals surface area contributed by atoms with Gasteiger partial charge in [0.25, 0.3) is 0 Å². The quantitative estimate of drug-likeness (QED) is 0.637. The van der Waals surface area contributed by atoms with Gasteiger partial charge >= 0.3 is 0 Å². The molecule has 0 bridgehead atoms. The van der Waals surface area contributed by atoms with Crippen molar-refractivity contribution < 1.29 is 0 Å². The van der Waals surface area contributed by atoms with E-state index in [4.69, 9.17) is 11.8 Å². The second-order valence-corrected chi connectivity index (χ2v) is 4.71. The van der Waals surface area contributed by atoms with Crippen molar-refractivity contribution in [3.05, 3.63) is 0 Å². The largest absolute Gasteiger partial charge is 0.233 e. The van der Waals surface area contributed by atoms with E-state index in [1.54, 1.807) is 0 Å². The van der Waals surface area contributed by atoms with Gasteiger partial charge in [-0.15, -0.1) is 0 Å². The van der Waals surface area contributed by atoms with Gasteiger partial charge in [-0.3, -0.25) is 0 Å².